The summed E-state index contributed by atoms with van der Waals surface area (Å²) in [6, 6.07) is 7.60. The third-order valence-electron chi connectivity index (χ3n) is 3.41. The standard InChI is InChI=1S/C17H21BrN4O/c1-3-4-5-8-19-17(23)15-10-16(21-11-20-15)22-13-7-6-12(2)14(18)9-13/h6-7,9-11H,3-5,8H2,1-2H3,(H,19,23)(H,20,21,22). The van der Waals surface area contributed by atoms with Crippen molar-refractivity contribution in [2.24, 2.45) is 0 Å². The number of nitrogens with one attached hydrogen (secondary N) is 2. The van der Waals surface area contributed by atoms with Gasteiger partial charge in [-0.05, 0) is 31.0 Å². The molecule has 23 heavy (non-hydrogen) atoms. The van der Waals surface area contributed by atoms with Gasteiger partial charge in [0.1, 0.15) is 17.8 Å². The fraction of sp³-hybridized carbons (Fsp3) is 0.353. The van der Waals surface area contributed by atoms with E-state index in [1.165, 1.54) is 6.33 Å². The molecule has 0 saturated heterocycles. The van der Waals surface area contributed by atoms with Crippen LogP contribution < -0.4 is 10.6 Å². The summed E-state index contributed by atoms with van der Waals surface area (Å²) in [6.07, 6.45) is 4.62. The molecule has 0 bridgehead atoms. The van der Waals surface area contributed by atoms with E-state index in [9.17, 15) is 4.79 Å². The van der Waals surface area contributed by atoms with Crippen LogP contribution in [0.15, 0.2) is 35.1 Å². The van der Waals surface area contributed by atoms with Gasteiger partial charge < -0.3 is 10.6 Å². The molecule has 0 radical (unpaired) electrons. The van der Waals surface area contributed by atoms with Crippen LogP contribution in [0.2, 0.25) is 0 Å². The Kier molecular flexibility index (Phi) is 6.52. The van der Waals surface area contributed by atoms with Crippen LogP contribution in [0.5, 0.6) is 0 Å². The third kappa shape index (κ3) is 5.32. The summed E-state index contributed by atoms with van der Waals surface area (Å²) >= 11 is 3.50. The molecule has 2 rings (SSSR count). The van der Waals surface area contributed by atoms with Crippen LogP contribution in [0.1, 0.15) is 42.2 Å². The zero-order valence-corrected chi connectivity index (χ0v) is 15.0. The van der Waals surface area contributed by atoms with Gasteiger partial charge in [-0.25, -0.2) is 9.97 Å². The first-order valence-electron chi connectivity index (χ1n) is 7.73. The van der Waals surface area contributed by atoms with Gasteiger partial charge in [0.25, 0.3) is 5.91 Å². The number of nitrogens with zero attached hydrogens (tertiary/aromatic N) is 2. The highest BCUT2D eigenvalue weighted by Gasteiger charge is 2.08. The molecule has 0 fully saturated rings. The molecule has 0 aliphatic rings. The number of anilines is 2. The number of halogens is 1. The minimum absolute atomic E-state index is 0.170. The van der Waals surface area contributed by atoms with Gasteiger partial charge in [0.05, 0.1) is 0 Å². The van der Waals surface area contributed by atoms with E-state index in [0.29, 0.717) is 18.1 Å². The van der Waals surface area contributed by atoms with E-state index in [0.717, 1.165) is 35.0 Å². The quantitative estimate of drug-likeness (QED) is 0.710. The SMILES string of the molecule is CCCCCNC(=O)c1cc(Nc2ccc(C)c(Br)c2)ncn1. The number of unbranched alkanes of at least 4 members (excludes halogenated alkanes) is 2. The topological polar surface area (TPSA) is 66.9 Å². The molecule has 1 heterocycles. The van der Waals surface area contributed by atoms with Crippen LogP contribution in [0, 0.1) is 6.92 Å². The molecule has 0 spiro atoms. The maximum atomic E-state index is 12.1. The second-order valence-electron chi connectivity index (χ2n) is 5.34. The van der Waals surface area contributed by atoms with Gasteiger partial charge in [0.15, 0.2) is 0 Å². The maximum absolute atomic E-state index is 12.1. The number of benzene rings is 1. The number of amides is 1. The van der Waals surface area contributed by atoms with Crippen molar-refractivity contribution in [2.75, 3.05) is 11.9 Å². The molecule has 1 aromatic carbocycles. The molecule has 0 atom stereocenters. The highest BCUT2D eigenvalue weighted by Crippen LogP contribution is 2.22. The predicted molar refractivity (Wildman–Crippen MR) is 96.1 cm³/mol. The van der Waals surface area contributed by atoms with E-state index >= 15 is 0 Å². The molecule has 1 aromatic heterocycles. The second kappa shape index (κ2) is 8.62. The first-order chi connectivity index (χ1) is 11.1. The average molecular weight is 377 g/mol. The Morgan fingerprint density at radius 2 is 2.04 bits per heavy atom. The van der Waals surface area contributed by atoms with Gasteiger partial charge in [-0.15, -0.1) is 0 Å². The summed E-state index contributed by atoms with van der Waals surface area (Å²) in [6.45, 7) is 4.83. The lowest BCUT2D eigenvalue weighted by atomic mass is 10.2. The number of carbonyl (C=O) groups is 1. The number of aromatic nitrogens is 2. The minimum atomic E-state index is -0.170. The summed E-state index contributed by atoms with van der Waals surface area (Å²) in [5.41, 5.74) is 2.42. The molecular formula is C17H21BrN4O. The molecule has 1 amide bonds. The minimum Gasteiger partial charge on any atom is -0.351 e. The van der Waals surface area contributed by atoms with Gasteiger partial charge >= 0.3 is 0 Å². The van der Waals surface area contributed by atoms with Gasteiger partial charge in [-0.2, -0.15) is 0 Å². The largest absolute Gasteiger partial charge is 0.351 e. The van der Waals surface area contributed by atoms with E-state index in [1.807, 2.05) is 25.1 Å². The average Bonchev–Trinajstić information content (AvgIpc) is 2.55. The van der Waals surface area contributed by atoms with Crippen LogP contribution in [-0.2, 0) is 0 Å². The second-order valence-corrected chi connectivity index (χ2v) is 6.19. The van der Waals surface area contributed by atoms with Crippen LogP contribution >= 0.6 is 15.9 Å². The van der Waals surface area contributed by atoms with Gasteiger partial charge in [0.2, 0.25) is 0 Å². The van der Waals surface area contributed by atoms with Gasteiger partial charge in [0, 0.05) is 22.8 Å². The van der Waals surface area contributed by atoms with Crippen molar-refractivity contribution in [3.63, 3.8) is 0 Å². The van der Waals surface area contributed by atoms with Crippen molar-refractivity contribution in [2.45, 2.75) is 33.1 Å². The Morgan fingerprint density at radius 3 is 2.78 bits per heavy atom. The van der Waals surface area contributed by atoms with Crippen molar-refractivity contribution in [1.29, 1.82) is 0 Å². The van der Waals surface area contributed by atoms with Crippen LogP contribution in [0.25, 0.3) is 0 Å². The molecule has 6 heteroatoms. The monoisotopic (exact) mass is 376 g/mol. The lowest BCUT2D eigenvalue weighted by molar-refractivity contribution is 0.0948. The maximum Gasteiger partial charge on any atom is 0.270 e. The first-order valence-corrected chi connectivity index (χ1v) is 8.53. The van der Waals surface area contributed by atoms with Crippen molar-refractivity contribution < 1.29 is 4.79 Å². The van der Waals surface area contributed by atoms with Crippen LogP contribution in [0.4, 0.5) is 11.5 Å². The van der Waals surface area contributed by atoms with E-state index in [1.54, 1.807) is 6.07 Å². The van der Waals surface area contributed by atoms with E-state index in [2.05, 4.69) is 43.5 Å². The van der Waals surface area contributed by atoms with Crippen molar-refractivity contribution in [3.8, 4) is 0 Å². The van der Waals surface area contributed by atoms with Crippen molar-refractivity contribution in [3.05, 3.63) is 46.3 Å². The molecule has 5 nitrogen and oxygen atoms in total. The smallest absolute Gasteiger partial charge is 0.270 e. The number of aryl methyl sites for hydroxylation is 1. The molecular weight excluding hydrogens is 356 g/mol. The Labute approximate surface area is 145 Å². The predicted octanol–water partition coefficient (Wildman–Crippen LogP) is 4.21. The van der Waals surface area contributed by atoms with E-state index in [4.69, 9.17) is 0 Å². The first kappa shape index (κ1) is 17.4. The summed E-state index contributed by atoms with van der Waals surface area (Å²) in [7, 11) is 0. The number of hydrogen-bond donors (Lipinski definition) is 2. The Bertz CT molecular complexity index is 675. The summed E-state index contributed by atoms with van der Waals surface area (Å²) in [5.74, 6) is 0.422. The highest BCUT2D eigenvalue weighted by molar-refractivity contribution is 9.10. The van der Waals surface area contributed by atoms with Crippen molar-refractivity contribution in [1.82, 2.24) is 15.3 Å². The lowest BCUT2D eigenvalue weighted by Crippen LogP contribution is -2.25. The van der Waals surface area contributed by atoms with E-state index < -0.39 is 0 Å². The lowest BCUT2D eigenvalue weighted by Gasteiger charge is -2.09. The Hall–Kier alpha value is -1.95. The molecule has 122 valence electrons. The van der Waals surface area contributed by atoms with Crippen LogP contribution in [0.3, 0.4) is 0 Å². The molecule has 2 aromatic rings. The molecule has 2 N–H and O–H groups in total. The molecule has 0 unspecified atom stereocenters. The highest BCUT2D eigenvalue weighted by atomic mass is 79.9. The van der Waals surface area contributed by atoms with Crippen molar-refractivity contribution >= 4 is 33.3 Å². The van der Waals surface area contributed by atoms with Crippen LogP contribution in [-0.4, -0.2) is 22.4 Å². The third-order valence-corrected chi connectivity index (χ3v) is 4.26. The zero-order chi connectivity index (χ0) is 16.7. The number of carbonyl (C=O) groups excluding carboxylic acids is 1. The summed E-state index contributed by atoms with van der Waals surface area (Å²) in [4.78, 5) is 20.3. The zero-order valence-electron chi connectivity index (χ0n) is 13.4. The Morgan fingerprint density at radius 1 is 1.22 bits per heavy atom. The summed E-state index contributed by atoms with van der Waals surface area (Å²) in [5, 5.41) is 6.06. The van der Waals surface area contributed by atoms with E-state index in [-0.39, 0.29) is 5.91 Å². The van der Waals surface area contributed by atoms with Gasteiger partial charge in [-0.3, -0.25) is 4.79 Å². The number of hydrogen-bond acceptors (Lipinski definition) is 4. The number of rotatable bonds is 7. The summed E-state index contributed by atoms with van der Waals surface area (Å²) < 4.78 is 1.02. The molecule has 0 aliphatic heterocycles. The fourth-order valence-electron chi connectivity index (χ4n) is 2.04. The molecule has 0 saturated carbocycles. The molecule has 0 aliphatic carbocycles. The fourth-order valence-corrected chi connectivity index (χ4v) is 2.41. The Balaban J connectivity index is 2.01. The van der Waals surface area contributed by atoms with Gasteiger partial charge in [-0.1, -0.05) is 41.8 Å². The normalized spacial score (nSPS) is 10.4.